The third-order valence-corrected chi connectivity index (χ3v) is 2.68. The molecule has 0 aliphatic carbocycles. The zero-order valence-corrected chi connectivity index (χ0v) is 8.88. The average molecular weight is 262 g/mol. The number of nitrogens with two attached hydrogens (primary N) is 1. The Labute approximate surface area is 87.9 Å². The van der Waals surface area contributed by atoms with Gasteiger partial charge in [0.05, 0.1) is 16.9 Å². The fraction of sp³-hybridized carbons (Fsp3) is 0.143. The van der Waals surface area contributed by atoms with Crippen molar-refractivity contribution >= 4 is 33.3 Å². The van der Waals surface area contributed by atoms with Crippen molar-refractivity contribution in [1.29, 1.82) is 0 Å². The van der Waals surface area contributed by atoms with Gasteiger partial charge in [0.1, 0.15) is 4.60 Å². The van der Waals surface area contributed by atoms with Crippen molar-refractivity contribution < 1.29 is 0 Å². The molecule has 2 heterocycles. The molecule has 0 spiro atoms. The van der Waals surface area contributed by atoms with Crippen molar-refractivity contribution in [2.24, 2.45) is 5.73 Å². The van der Waals surface area contributed by atoms with Gasteiger partial charge in [0.15, 0.2) is 0 Å². The molecular formula is C7H6BrClN4. The number of hydrogen-bond donors (Lipinski definition) is 1. The van der Waals surface area contributed by atoms with Crippen molar-refractivity contribution in [1.82, 2.24) is 14.4 Å². The van der Waals surface area contributed by atoms with Gasteiger partial charge in [0.25, 0.3) is 0 Å². The number of hydrogen-bond acceptors (Lipinski definition) is 3. The smallest absolute Gasteiger partial charge is 0.235 e. The SMILES string of the molecule is NCc1nc2ncc(Cl)cn2c1Br. The van der Waals surface area contributed by atoms with Crippen LogP contribution >= 0.6 is 27.5 Å². The molecule has 2 N–H and O–H groups in total. The van der Waals surface area contributed by atoms with E-state index >= 15 is 0 Å². The lowest BCUT2D eigenvalue weighted by Gasteiger charge is -1.94. The molecule has 0 aromatic carbocycles. The maximum atomic E-state index is 5.78. The van der Waals surface area contributed by atoms with Gasteiger partial charge in [0.2, 0.25) is 5.78 Å². The van der Waals surface area contributed by atoms with Gasteiger partial charge in [-0.05, 0) is 15.9 Å². The first-order valence-corrected chi connectivity index (χ1v) is 4.77. The number of fused-ring (bicyclic) bond motifs is 1. The second-order valence-electron chi connectivity index (χ2n) is 2.50. The average Bonchev–Trinajstić information content (AvgIpc) is 2.44. The second-order valence-corrected chi connectivity index (χ2v) is 3.68. The molecule has 0 aliphatic heterocycles. The molecule has 0 unspecified atom stereocenters. The minimum atomic E-state index is 0.377. The van der Waals surface area contributed by atoms with Gasteiger partial charge in [-0.2, -0.15) is 0 Å². The number of halogens is 2. The second kappa shape index (κ2) is 3.25. The molecule has 13 heavy (non-hydrogen) atoms. The van der Waals surface area contributed by atoms with Gasteiger partial charge < -0.3 is 5.73 Å². The molecule has 0 amide bonds. The third kappa shape index (κ3) is 1.43. The Bertz CT molecular complexity index is 453. The first kappa shape index (κ1) is 8.93. The predicted molar refractivity (Wildman–Crippen MR) is 53.6 cm³/mol. The van der Waals surface area contributed by atoms with Crippen molar-refractivity contribution in [3.8, 4) is 0 Å². The van der Waals surface area contributed by atoms with Gasteiger partial charge >= 0.3 is 0 Å². The van der Waals surface area contributed by atoms with Gasteiger partial charge in [-0.15, -0.1) is 0 Å². The van der Waals surface area contributed by atoms with Crippen molar-refractivity contribution in [2.45, 2.75) is 6.54 Å². The Morgan fingerprint density at radius 1 is 1.62 bits per heavy atom. The lowest BCUT2D eigenvalue weighted by molar-refractivity contribution is 1.00. The fourth-order valence-corrected chi connectivity index (χ4v) is 1.72. The molecular weight excluding hydrogens is 255 g/mol. The van der Waals surface area contributed by atoms with Crippen LogP contribution in [0.15, 0.2) is 17.0 Å². The van der Waals surface area contributed by atoms with Gasteiger partial charge in [-0.25, -0.2) is 9.97 Å². The van der Waals surface area contributed by atoms with Crippen LogP contribution in [-0.4, -0.2) is 14.4 Å². The number of rotatable bonds is 1. The van der Waals surface area contributed by atoms with E-state index < -0.39 is 0 Å². The lowest BCUT2D eigenvalue weighted by Crippen LogP contribution is -1.96. The highest BCUT2D eigenvalue weighted by atomic mass is 79.9. The summed E-state index contributed by atoms with van der Waals surface area (Å²) in [5.74, 6) is 0.594. The van der Waals surface area contributed by atoms with Gasteiger partial charge in [0, 0.05) is 12.7 Å². The first-order chi connectivity index (χ1) is 6.22. The number of nitrogens with zero attached hydrogens (tertiary/aromatic N) is 3. The quantitative estimate of drug-likeness (QED) is 0.848. The Balaban J connectivity index is 2.77. The summed E-state index contributed by atoms with van der Waals surface area (Å²) in [6.45, 7) is 0.377. The van der Waals surface area contributed by atoms with Crippen LogP contribution in [0.1, 0.15) is 5.69 Å². The molecule has 2 rings (SSSR count). The standard InChI is InChI=1S/C7H6BrClN4/c8-6-5(1-10)12-7-11-2-4(9)3-13(6)7/h2-3H,1,10H2. The molecule has 2 aromatic heterocycles. The maximum Gasteiger partial charge on any atom is 0.235 e. The Kier molecular flexibility index (Phi) is 2.23. The molecule has 0 atom stereocenters. The lowest BCUT2D eigenvalue weighted by atomic mass is 10.5. The highest BCUT2D eigenvalue weighted by Crippen LogP contribution is 2.19. The summed E-state index contributed by atoms with van der Waals surface area (Å²) in [6.07, 6.45) is 3.29. The van der Waals surface area contributed by atoms with Crippen LogP contribution in [0.3, 0.4) is 0 Å². The summed E-state index contributed by atoms with van der Waals surface area (Å²) in [5.41, 5.74) is 6.26. The summed E-state index contributed by atoms with van der Waals surface area (Å²) in [6, 6.07) is 0. The highest BCUT2D eigenvalue weighted by molar-refractivity contribution is 9.10. The zero-order chi connectivity index (χ0) is 9.42. The molecule has 0 saturated heterocycles. The summed E-state index contributed by atoms with van der Waals surface area (Å²) in [4.78, 5) is 8.24. The molecule has 0 bridgehead atoms. The van der Waals surface area contributed by atoms with E-state index in [4.69, 9.17) is 17.3 Å². The molecule has 68 valence electrons. The minimum absolute atomic E-state index is 0.377. The predicted octanol–water partition coefficient (Wildman–Crippen LogP) is 1.60. The van der Waals surface area contributed by atoms with E-state index in [-0.39, 0.29) is 0 Å². The van der Waals surface area contributed by atoms with E-state index in [1.165, 1.54) is 0 Å². The van der Waals surface area contributed by atoms with E-state index in [0.29, 0.717) is 17.3 Å². The van der Waals surface area contributed by atoms with Crippen LogP contribution in [0.5, 0.6) is 0 Å². The molecule has 0 radical (unpaired) electrons. The Morgan fingerprint density at radius 2 is 2.38 bits per heavy atom. The maximum absolute atomic E-state index is 5.78. The van der Waals surface area contributed by atoms with Crippen LogP contribution in [0.2, 0.25) is 5.02 Å². The van der Waals surface area contributed by atoms with E-state index in [0.717, 1.165) is 10.3 Å². The van der Waals surface area contributed by atoms with Crippen LogP contribution in [0.4, 0.5) is 0 Å². The van der Waals surface area contributed by atoms with Gasteiger partial charge in [-0.3, -0.25) is 4.40 Å². The molecule has 0 aliphatic rings. The topological polar surface area (TPSA) is 56.2 Å². The van der Waals surface area contributed by atoms with Crippen molar-refractivity contribution in [3.05, 3.63) is 27.7 Å². The van der Waals surface area contributed by atoms with E-state index in [9.17, 15) is 0 Å². The summed E-state index contributed by atoms with van der Waals surface area (Å²) in [7, 11) is 0. The summed E-state index contributed by atoms with van der Waals surface area (Å²) in [5, 5.41) is 0.564. The van der Waals surface area contributed by atoms with Crippen LogP contribution in [-0.2, 0) is 6.54 Å². The number of imidazole rings is 1. The largest absolute Gasteiger partial charge is 0.325 e. The van der Waals surface area contributed by atoms with E-state index in [2.05, 4.69) is 25.9 Å². The molecule has 0 saturated carbocycles. The van der Waals surface area contributed by atoms with Gasteiger partial charge in [-0.1, -0.05) is 11.6 Å². The first-order valence-electron chi connectivity index (χ1n) is 3.60. The fourth-order valence-electron chi connectivity index (χ4n) is 1.06. The Hall–Kier alpha value is -0.650. The zero-order valence-electron chi connectivity index (χ0n) is 6.54. The van der Waals surface area contributed by atoms with Crippen molar-refractivity contribution in [3.63, 3.8) is 0 Å². The van der Waals surface area contributed by atoms with Crippen LogP contribution in [0.25, 0.3) is 5.78 Å². The highest BCUT2D eigenvalue weighted by Gasteiger charge is 2.08. The van der Waals surface area contributed by atoms with Crippen molar-refractivity contribution in [2.75, 3.05) is 0 Å². The van der Waals surface area contributed by atoms with Crippen LogP contribution < -0.4 is 5.73 Å². The minimum Gasteiger partial charge on any atom is -0.325 e. The van der Waals surface area contributed by atoms with E-state index in [1.807, 2.05) is 0 Å². The Morgan fingerprint density at radius 3 is 3.08 bits per heavy atom. The monoisotopic (exact) mass is 260 g/mol. The third-order valence-electron chi connectivity index (χ3n) is 1.65. The molecule has 6 heteroatoms. The molecule has 2 aromatic rings. The summed E-state index contributed by atoms with van der Waals surface area (Å²) < 4.78 is 2.56. The summed E-state index contributed by atoms with van der Waals surface area (Å²) >= 11 is 9.15. The number of aromatic nitrogens is 3. The van der Waals surface area contributed by atoms with Crippen LogP contribution in [0, 0.1) is 0 Å². The normalized spacial score (nSPS) is 11.0. The molecule has 4 nitrogen and oxygen atoms in total. The molecule has 0 fully saturated rings. The van der Waals surface area contributed by atoms with E-state index in [1.54, 1.807) is 16.8 Å².